The van der Waals surface area contributed by atoms with Crippen molar-refractivity contribution < 1.29 is 4.79 Å². The van der Waals surface area contributed by atoms with Gasteiger partial charge < -0.3 is 10.6 Å². The van der Waals surface area contributed by atoms with E-state index in [0.29, 0.717) is 18.2 Å². The van der Waals surface area contributed by atoms with Crippen LogP contribution in [0.2, 0.25) is 0 Å². The highest BCUT2D eigenvalue weighted by atomic mass is 32.2. The van der Waals surface area contributed by atoms with Crippen molar-refractivity contribution in [1.82, 2.24) is 4.90 Å². The molecule has 1 fully saturated rings. The zero-order valence-electron chi connectivity index (χ0n) is 11.4. The predicted molar refractivity (Wildman–Crippen MR) is 80.1 cm³/mol. The van der Waals surface area contributed by atoms with Crippen molar-refractivity contribution >= 4 is 17.7 Å². The molecule has 2 unspecified atom stereocenters. The standard InChI is InChI=1S/C15H22N2OS/c1-12-6-5-9-17(14(12)10-16)15(18)11-19-13-7-3-2-4-8-13/h2-4,7-8,12,14H,5-6,9-11,16H2,1H3. The van der Waals surface area contributed by atoms with Gasteiger partial charge in [0.1, 0.15) is 0 Å². The molecule has 1 aliphatic heterocycles. The van der Waals surface area contributed by atoms with Crippen molar-refractivity contribution in [3.63, 3.8) is 0 Å². The highest BCUT2D eigenvalue weighted by Crippen LogP contribution is 2.24. The van der Waals surface area contributed by atoms with Gasteiger partial charge in [-0.25, -0.2) is 0 Å². The maximum atomic E-state index is 12.3. The summed E-state index contributed by atoms with van der Waals surface area (Å²) in [5.41, 5.74) is 5.83. The van der Waals surface area contributed by atoms with E-state index in [1.54, 1.807) is 11.8 Å². The first-order valence-corrected chi connectivity index (χ1v) is 7.88. The molecule has 0 bridgehead atoms. The summed E-state index contributed by atoms with van der Waals surface area (Å²) in [4.78, 5) is 15.5. The number of piperidine rings is 1. The molecule has 0 saturated carbocycles. The summed E-state index contributed by atoms with van der Waals surface area (Å²) in [6.45, 7) is 3.63. The van der Waals surface area contributed by atoms with E-state index < -0.39 is 0 Å². The minimum atomic E-state index is 0.218. The first-order chi connectivity index (χ1) is 9.22. The molecular formula is C15H22N2OS. The van der Waals surface area contributed by atoms with E-state index in [2.05, 4.69) is 6.92 Å². The lowest BCUT2D eigenvalue weighted by atomic mass is 9.91. The third-order valence-corrected chi connectivity index (χ3v) is 4.78. The molecule has 0 spiro atoms. The molecule has 2 rings (SSSR count). The maximum Gasteiger partial charge on any atom is 0.233 e. The Morgan fingerprint density at radius 2 is 2.16 bits per heavy atom. The average Bonchev–Trinajstić information content (AvgIpc) is 2.45. The van der Waals surface area contributed by atoms with Crippen LogP contribution in [0.25, 0.3) is 0 Å². The van der Waals surface area contributed by atoms with Gasteiger partial charge in [-0.3, -0.25) is 4.79 Å². The molecule has 0 aliphatic carbocycles. The Bertz CT molecular complexity index is 410. The Morgan fingerprint density at radius 3 is 2.84 bits per heavy atom. The highest BCUT2D eigenvalue weighted by molar-refractivity contribution is 8.00. The van der Waals surface area contributed by atoms with Crippen LogP contribution in [-0.4, -0.2) is 35.7 Å². The Hall–Kier alpha value is -1.00. The van der Waals surface area contributed by atoms with Crippen LogP contribution in [0.4, 0.5) is 0 Å². The van der Waals surface area contributed by atoms with Gasteiger partial charge in [0.25, 0.3) is 0 Å². The Balaban J connectivity index is 1.91. The van der Waals surface area contributed by atoms with Gasteiger partial charge in [-0.15, -0.1) is 11.8 Å². The molecule has 1 saturated heterocycles. The van der Waals surface area contributed by atoms with E-state index in [4.69, 9.17) is 5.73 Å². The number of carbonyl (C=O) groups excluding carboxylic acids is 1. The molecule has 1 amide bonds. The van der Waals surface area contributed by atoms with Crippen molar-refractivity contribution in [1.29, 1.82) is 0 Å². The van der Waals surface area contributed by atoms with E-state index in [1.807, 2.05) is 35.2 Å². The second-order valence-electron chi connectivity index (χ2n) is 5.11. The number of hydrogen-bond acceptors (Lipinski definition) is 3. The molecule has 4 heteroatoms. The SMILES string of the molecule is CC1CCCN(C(=O)CSc2ccccc2)C1CN. The van der Waals surface area contributed by atoms with Crippen LogP contribution in [0.1, 0.15) is 19.8 Å². The van der Waals surface area contributed by atoms with Crippen LogP contribution in [-0.2, 0) is 4.79 Å². The lowest BCUT2D eigenvalue weighted by Crippen LogP contribution is -2.51. The highest BCUT2D eigenvalue weighted by Gasteiger charge is 2.30. The summed E-state index contributed by atoms with van der Waals surface area (Å²) in [7, 11) is 0. The summed E-state index contributed by atoms with van der Waals surface area (Å²) >= 11 is 1.60. The molecule has 0 aromatic heterocycles. The molecule has 0 radical (unpaired) electrons. The lowest BCUT2D eigenvalue weighted by molar-refractivity contribution is -0.133. The van der Waals surface area contributed by atoms with Crippen LogP contribution in [0, 0.1) is 5.92 Å². The first kappa shape index (κ1) is 14.4. The zero-order valence-corrected chi connectivity index (χ0v) is 12.2. The second kappa shape index (κ2) is 6.96. The molecule has 3 nitrogen and oxygen atoms in total. The Kier molecular flexibility index (Phi) is 5.28. The van der Waals surface area contributed by atoms with E-state index in [1.165, 1.54) is 6.42 Å². The van der Waals surface area contributed by atoms with Crippen LogP contribution in [0.5, 0.6) is 0 Å². The lowest BCUT2D eigenvalue weighted by Gasteiger charge is -2.39. The van der Waals surface area contributed by atoms with Crippen molar-refractivity contribution in [3.8, 4) is 0 Å². The van der Waals surface area contributed by atoms with Gasteiger partial charge in [-0.05, 0) is 30.9 Å². The Morgan fingerprint density at radius 1 is 1.42 bits per heavy atom. The minimum absolute atomic E-state index is 0.218. The van der Waals surface area contributed by atoms with E-state index in [-0.39, 0.29) is 11.9 Å². The normalized spacial score (nSPS) is 23.4. The topological polar surface area (TPSA) is 46.3 Å². The summed E-state index contributed by atoms with van der Waals surface area (Å²) in [5.74, 6) is 1.24. The quantitative estimate of drug-likeness (QED) is 0.860. The zero-order chi connectivity index (χ0) is 13.7. The van der Waals surface area contributed by atoms with Gasteiger partial charge in [0, 0.05) is 24.0 Å². The van der Waals surface area contributed by atoms with Crippen molar-refractivity contribution in [3.05, 3.63) is 30.3 Å². The number of likely N-dealkylation sites (tertiary alicyclic amines) is 1. The van der Waals surface area contributed by atoms with E-state index >= 15 is 0 Å². The van der Waals surface area contributed by atoms with Crippen LogP contribution < -0.4 is 5.73 Å². The smallest absolute Gasteiger partial charge is 0.233 e. The molecule has 1 aromatic rings. The van der Waals surface area contributed by atoms with Crippen molar-refractivity contribution in [2.45, 2.75) is 30.7 Å². The van der Waals surface area contributed by atoms with E-state index in [0.717, 1.165) is 17.9 Å². The number of nitrogens with two attached hydrogens (primary N) is 1. The monoisotopic (exact) mass is 278 g/mol. The predicted octanol–water partition coefficient (Wildman–Crippen LogP) is 2.36. The summed E-state index contributed by atoms with van der Waals surface area (Å²) in [5, 5.41) is 0. The number of nitrogens with zero attached hydrogens (tertiary/aromatic N) is 1. The minimum Gasteiger partial charge on any atom is -0.337 e. The fourth-order valence-electron chi connectivity index (χ4n) is 2.66. The number of hydrogen-bond donors (Lipinski definition) is 1. The Labute approximate surface area is 119 Å². The summed E-state index contributed by atoms with van der Waals surface area (Å²) < 4.78 is 0. The largest absolute Gasteiger partial charge is 0.337 e. The fraction of sp³-hybridized carbons (Fsp3) is 0.533. The van der Waals surface area contributed by atoms with Gasteiger partial charge >= 0.3 is 0 Å². The number of rotatable bonds is 4. The number of carbonyl (C=O) groups is 1. The fourth-order valence-corrected chi connectivity index (χ4v) is 3.47. The number of thioether (sulfide) groups is 1. The number of benzene rings is 1. The molecule has 1 heterocycles. The summed E-state index contributed by atoms with van der Waals surface area (Å²) in [6.07, 6.45) is 2.27. The van der Waals surface area contributed by atoms with Crippen LogP contribution in [0.3, 0.4) is 0 Å². The molecular weight excluding hydrogens is 256 g/mol. The third-order valence-electron chi connectivity index (χ3n) is 3.78. The molecule has 1 aromatic carbocycles. The molecule has 2 N–H and O–H groups in total. The molecule has 104 valence electrons. The number of amides is 1. The maximum absolute atomic E-state index is 12.3. The van der Waals surface area contributed by atoms with Crippen molar-refractivity contribution in [2.75, 3.05) is 18.8 Å². The molecule has 19 heavy (non-hydrogen) atoms. The molecule has 1 aliphatic rings. The van der Waals surface area contributed by atoms with Crippen molar-refractivity contribution in [2.24, 2.45) is 11.7 Å². The second-order valence-corrected chi connectivity index (χ2v) is 6.16. The van der Waals surface area contributed by atoms with Gasteiger partial charge in [0.2, 0.25) is 5.91 Å². The van der Waals surface area contributed by atoms with Gasteiger partial charge in [-0.2, -0.15) is 0 Å². The van der Waals surface area contributed by atoms with Gasteiger partial charge in [-0.1, -0.05) is 25.1 Å². The first-order valence-electron chi connectivity index (χ1n) is 6.89. The van der Waals surface area contributed by atoms with Crippen LogP contribution in [0.15, 0.2) is 35.2 Å². The molecule has 2 atom stereocenters. The van der Waals surface area contributed by atoms with Gasteiger partial charge in [0.05, 0.1) is 5.75 Å². The average molecular weight is 278 g/mol. The third kappa shape index (κ3) is 3.74. The van der Waals surface area contributed by atoms with E-state index in [9.17, 15) is 4.79 Å². The van der Waals surface area contributed by atoms with Gasteiger partial charge in [0.15, 0.2) is 0 Å². The summed E-state index contributed by atoms with van der Waals surface area (Å²) in [6, 6.07) is 10.3. The van der Waals surface area contributed by atoms with Crippen LogP contribution >= 0.6 is 11.8 Å².